The summed E-state index contributed by atoms with van der Waals surface area (Å²) in [4.78, 5) is 14.7. The Morgan fingerprint density at radius 2 is 1.77 bits per heavy atom. The Bertz CT molecular complexity index is 772. The van der Waals surface area contributed by atoms with Crippen LogP contribution in [0.4, 0.5) is 5.69 Å². The predicted octanol–water partition coefficient (Wildman–Crippen LogP) is 4.24. The highest BCUT2D eigenvalue weighted by molar-refractivity contribution is 6.41. The predicted molar refractivity (Wildman–Crippen MR) is 105 cm³/mol. The maximum Gasteiger partial charge on any atom is 0.269 e. The first-order valence-electron chi connectivity index (χ1n) is 8.13. The van der Waals surface area contributed by atoms with Gasteiger partial charge >= 0.3 is 0 Å². The van der Waals surface area contributed by atoms with Crippen molar-refractivity contribution in [2.75, 3.05) is 31.7 Å². The summed E-state index contributed by atoms with van der Waals surface area (Å²) >= 11 is 18.1. The van der Waals surface area contributed by atoms with Crippen LogP contribution in [0, 0.1) is 0 Å². The molecule has 2 N–H and O–H groups in total. The maximum absolute atomic E-state index is 12.4. The van der Waals surface area contributed by atoms with Gasteiger partial charge in [-0.15, -0.1) is 0 Å². The Labute approximate surface area is 167 Å². The highest BCUT2D eigenvalue weighted by Crippen LogP contribution is 2.33. The molecule has 26 heavy (non-hydrogen) atoms. The summed E-state index contributed by atoms with van der Waals surface area (Å²) < 4.78 is 5.36. The second kappa shape index (κ2) is 8.93. The number of carbonyl (C=O) groups is 1. The van der Waals surface area contributed by atoms with Crippen LogP contribution in [0.2, 0.25) is 15.1 Å². The summed E-state index contributed by atoms with van der Waals surface area (Å²) in [5.74, 6) is -0.282. The molecule has 1 aliphatic heterocycles. The average molecular weight is 415 g/mol. The molecular formula is C18H18Cl3N3O2. The van der Waals surface area contributed by atoms with Crippen molar-refractivity contribution < 1.29 is 9.53 Å². The number of morpholine rings is 1. The van der Waals surface area contributed by atoms with Crippen LogP contribution in [0.15, 0.2) is 36.4 Å². The monoisotopic (exact) mass is 413 g/mol. The number of hydrogen-bond acceptors (Lipinski definition) is 4. The molecule has 138 valence electrons. The number of nitrogens with one attached hydrogen (secondary N) is 2. The Hall–Kier alpha value is -1.50. The largest absolute Gasteiger partial charge is 0.379 e. The van der Waals surface area contributed by atoms with E-state index in [1.54, 1.807) is 18.2 Å². The smallest absolute Gasteiger partial charge is 0.269 e. The van der Waals surface area contributed by atoms with Crippen LogP contribution in [0.1, 0.15) is 15.9 Å². The molecule has 1 saturated heterocycles. The van der Waals surface area contributed by atoms with Crippen LogP contribution < -0.4 is 10.9 Å². The van der Waals surface area contributed by atoms with E-state index in [-0.39, 0.29) is 5.91 Å². The first-order valence-corrected chi connectivity index (χ1v) is 9.26. The minimum Gasteiger partial charge on any atom is -0.379 e. The first-order chi connectivity index (χ1) is 12.5. The number of hydrogen-bond donors (Lipinski definition) is 2. The summed E-state index contributed by atoms with van der Waals surface area (Å²) in [6.07, 6.45) is 0. The highest BCUT2D eigenvalue weighted by atomic mass is 35.5. The van der Waals surface area contributed by atoms with Crippen LogP contribution in [-0.2, 0) is 11.3 Å². The molecule has 0 aliphatic carbocycles. The fraction of sp³-hybridized carbons (Fsp3) is 0.278. The van der Waals surface area contributed by atoms with Gasteiger partial charge in [0.15, 0.2) is 0 Å². The third-order valence-corrected chi connectivity index (χ3v) is 4.82. The molecule has 0 spiro atoms. The molecule has 1 aliphatic rings. The summed E-state index contributed by atoms with van der Waals surface area (Å²) in [5.41, 5.74) is 7.39. The third-order valence-electron chi connectivity index (χ3n) is 4.01. The van der Waals surface area contributed by atoms with E-state index in [4.69, 9.17) is 39.5 Å². The van der Waals surface area contributed by atoms with Crippen LogP contribution in [0.25, 0.3) is 0 Å². The van der Waals surface area contributed by atoms with Gasteiger partial charge in [-0.1, -0.05) is 46.9 Å². The van der Waals surface area contributed by atoms with Crippen LogP contribution in [0.3, 0.4) is 0 Å². The zero-order valence-electron chi connectivity index (χ0n) is 13.9. The molecule has 5 nitrogen and oxygen atoms in total. The van der Waals surface area contributed by atoms with Crippen LogP contribution in [-0.4, -0.2) is 37.1 Å². The van der Waals surface area contributed by atoms with E-state index in [2.05, 4.69) is 15.8 Å². The maximum atomic E-state index is 12.4. The van der Waals surface area contributed by atoms with Gasteiger partial charge in [-0.2, -0.15) is 0 Å². The number of ether oxygens (including phenoxy) is 1. The molecule has 1 amide bonds. The number of halogens is 3. The van der Waals surface area contributed by atoms with Crippen molar-refractivity contribution in [1.82, 2.24) is 10.3 Å². The first kappa shape index (κ1) is 19.3. The van der Waals surface area contributed by atoms with Crippen molar-refractivity contribution >= 4 is 46.4 Å². The molecule has 0 aromatic heterocycles. The lowest BCUT2D eigenvalue weighted by Gasteiger charge is -2.26. The van der Waals surface area contributed by atoms with E-state index in [1.165, 1.54) is 0 Å². The standard InChI is InChI=1S/C18H18Cl3N3O2/c19-14-9-15(20)17(16(21)10-14)22-23-18(25)13-3-1-2-12(8-13)11-24-4-6-26-7-5-24/h1-3,8-10,22H,4-7,11H2,(H,23,25). The average Bonchev–Trinajstić information content (AvgIpc) is 2.61. The van der Waals surface area contributed by atoms with Crippen molar-refractivity contribution in [1.29, 1.82) is 0 Å². The van der Waals surface area contributed by atoms with Gasteiger partial charge in [0.25, 0.3) is 5.91 Å². The molecular weight excluding hydrogens is 397 g/mol. The van der Waals surface area contributed by atoms with Crippen molar-refractivity contribution in [3.8, 4) is 0 Å². The van der Waals surface area contributed by atoms with Gasteiger partial charge in [-0.05, 0) is 29.8 Å². The molecule has 3 rings (SSSR count). The number of nitrogens with zero attached hydrogens (tertiary/aromatic N) is 1. The fourth-order valence-corrected chi connectivity index (χ4v) is 3.59. The van der Waals surface area contributed by atoms with Crippen molar-refractivity contribution in [2.45, 2.75) is 6.54 Å². The Morgan fingerprint density at radius 1 is 1.08 bits per heavy atom. The number of rotatable bonds is 5. The van der Waals surface area contributed by atoms with E-state index in [1.807, 2.05) is 18.2 Å². The Morgan fingerprint density at radius 3 is 2.46 bits per heavy atom. The fourth-order valence-electron chi connectivity index (χ4n) is 2.68. The molecule has 2 aromatic rings. The van der Waals surface area contributed by atoms with E-state index >= 15 is 0 Å². The molecule has 0 unspecified atom stereocenters. The molecule has 1 heterocycles. The van der Waals surface area contributed by atoms with E-state index < -0.39 is 0 Å². The second-order valence-corrected chi connectivity index (χ2v) is 7.16. The summed E-state index contributed by atoms with van der Waals surface area (Å²) in [5, 5.41) is 1.07. The molecule has 1 fully saturated rings. The van der Waals surface area contributed by atoms with E-state index in [9.17, 15) is 4.79 Å². The van der Waals surface area contributed by atoms with Crippen molar-refractivity contribution in [3.05, 3.63) is 62.6 Å². The minimum atomic E-state index is -0.282. The van der Waals surface area contributed by atoms with Gasteiger partial charge in [-0.3, -0.25) is 20.5 Å². The minimum absolute atomic E-state index is 0.282. The Balaban J connectivity index is 1.64. The number of amides is 1. The SMILES string of the molecule is O=C(NNc1c(Cl)cc(Cl)cc1Cl)c1cccc(CN2CCOCC2)c1. The normalized spacial score (nSPS) is 14.9. The highest BCUT2D eigenvalue weighted by Gasteiger charge is 2.13. The van der Waals surface area contributed by atoms with Crippen LogP contribution >= 0.6 is 34.8 Å². The lowest BCUT2D eigenvalue weighted by molar-refractivity contribution is 0.0342. The molecule has 8 heteroatoms. The third kappa shape index (κ3) is 5.02. The number of carbonyl (C=O) groups excluding carboxylic acids is 1. The van der Waals surface area contributed by atoms with Gasteiger partial charge < -0.3 is 4.74 Å². The van der Waals surface area contributed by atoms with Gasteiger partial charge in [0.05, 0.1) is 28.9 Å². The summed E-state index contributed by atoms with van der Waals surface area (Å²) in [6.45, 7) is 4.06. The van der Waals surface area contributed by atoms with Crippen molar-refractivity contribution in [2.24, 2.45) is 0 Å². The Kier molecular flexibility index (Phi) is 6.62. The van der Waals surface area contributed by atoms with Gasteiger partial charge in [0, 0.05) is 30.2 Å². The zero-order chi connectivity index (χ0) is 18.5. The van der Waals surface area contributed by atoms with Gasteiger partial charge in [0.2, 0.25) is 0 Å². The number of anilines is 1. The summed E-state index contributed by atoms with van der Waals surface area (Å²) in [7, 11) is 0. The number of hydrazine groups is 1. The van der Waals surface area contributed by atoms with E-state index in [0.717, 1.165) is 38.4 Å². The molecule has 0 bridgehead atoms. The molecule has 0 atom stereocenters. The molecule has 0 radical (unpaired) electrons. The van der Waals surface area contributed by atoms with Gasteiger partial charge in [0.1, 0.15) is 0 Å². The molecule has 0 saturated carbocycles. The number of benzene rings is 2. The summed E-state index contributed by atoms with van der Waals surface area (Å²) in [6, 6.07) is 10.6. The second-order valence-electron chi connectivity index (χ2n) is 5.91. The van der Waals surface area contributed by atoms with E-state index in [0.29, 0.717) is 26.3 Å². The van der Waals surface area contributed by atoms with Crippen molar-refractivity contribution in [3.63, 3.8) is 0 Å². The van der Waals surface area contributed by atoms with Crippen LogP contribution in [0.5, 0.6) is 0 Å². The topological polar surface area (TPSA) is 53.6 Å². The lowest BCUT2D eigenvalue weighted by Crippen LogP contribution is -2.35. The lowest BCUT2D eigenvalue weighted by atomic mass is 10.1. The zero-order valence-corrected chi connectivity index (χ0v) is 16.2. The quantitative estimate of drug-likeness (QED) is 0.719. The van der Waals surface area contributed by atoms with Gasteiger partial charge in [-0.25, -0.2) is 0 Å². The molecule has 2 aromatic carbocycles.